The smallest absolute Gasteiger partial charge is 0.272 e. The Morgan fingerprint density at radius 1 is 1.06 bits per heavy atom. The first-order chi connectivity index (χ1) is 16.0. The lowest BCUT2D eigenvalue weighted by molar-refractivity contribution is -0.121. The number of benzene rings is 2. The molecule has 3 N–H and O–H groups in total. The molecule has 4 aromatic rings. The number of aromatic amines is 1. The molecule has 11 heteroatoms. The quantitative estimate of drug-likeness (QED) is 0.332. The lowest BCUT2D eigenvalue weighted by Gasteiger charge is -2.08. The van der Waals surface area contributed by atoms with Gasteiger partial charge in [-0.1, -0.05) is 23.4 Å². The van der Waals surface area contributed by atoms with Crippen LogP contribution in [0.5, 0.6) is 0 Å². The number of aryl methyl sites for hydroxylation is 1. The maximum absolute atomic E-state index is 13.3. The number of anilines is 1. The fourth-order valence-corrected chi connectivity index (χ4v) is 3.19. The van der Waals surface area contributed by atoms with Gasteiger partial charge in [0.05, 0.1) is 5.39 Å². The van der Waals surface area contributed by atoms with Crippen LogP contribution in [-0.2, 0) is 11.2 Å². The number of hydrogen-bond acceptors (Lipinski definition) is 7. The van der Waals surface area contributed by atoms with E-state index in [1.165, 1.54) is 6.07 Å². The molecule has 0 saturated heterocycles. The van der Waals surface area contributed by atoms with Crippen LogP contribution in [0.3, 0.4) is 0 Å². The summed E-state index contributed by atoms with van der Waals surface area (Å²) >= 11 is 0. The monoisotopic (exact) mass is 454 g/mol. The van der Waals surface area contributed by atoms with Crippen molar-refractivity contribution in [2.75, 3.05) is 18.4 Å². The predicted octanol–water partition coefficient (Wildman–Crippen LogP) is 2.80. The molecule has 0 unspecified atom stereocenters. The summed E-state index contributed by atoms with van der Waals surface area (Å²) < 4.78 is 31.5. The highest BCUT2D eigenvalue weighted by Gasteiger charge is 2.13. The van der Waals surface area contributed by atoms with E-state index in [0.717, 1.165) is 17.5 Å². The molecule has 0 aliphatic rings. The molecule has 1 amide bonds. The second kappa shape index (κ2) is 9.98. The highest BCUT2D eigenvalue weighted by Crippen LogP contribution is 2.19. The fraction of sp³-hybridized carbons (Fsp3) is 0.227. The van der Waals surface area contributed by atoms with Gasteiger partial charge in [-0.25, -0.2) is 13.9 Å². The lowest BCUT2D eigenvalue weighted by Crippen LogP contribution is -2.26. The molecule has 0 bridgehead atoms. The number of amides is 1. The third-order valence-electron chi connectivity index (χ3n) is 4.88. The maximum atomic E-state index is 13.3. The van der Waals surface area contributed by atoms with Gasteiger partial charge in [-0.15, -0.1) is 0 Å². The molecule has 0 atom stereocenters. The van der Waals surface area contributed by atoms with Crippen molar-refractivity contribution < 1.29 is 18.1 Å². The van der Waals surface area contributed by atoms with Crippen LogP contribution in [0.2, 0.25) is 0 Å². The van der Waals surface area contributed by atoms with Gasteiger partial charge in [0.25, 0.3) is 5.56 Å². The van der Waals surface area contributed by atoms with Crippen LogP contribution in [0.15, 0.2) is 51.8 Å². The van der Waals surface area contributed by atoms with Crippen LogP contribution in [0.25, 0.3) is 22.2 Å². The second-order valence-electron chi connectivity index (χ2n) is 7.22. The number of carbonyl (C=O) groups is 1. The van der Waals surface area contributed by atoms with Crippen molar-refractivity contribution in [3.05, 3.63) is 70.3 Å². The molecule has 33 heavy (non-hydrogen) atoms. The summed E-state index contributed by atoms with van der Waals surface area (Å²) in [7, 11) is 0. The minimum Gasteiger partial charge on any atom is -0.368 e. The second-order valence-corrected chi connectivity index (χ2v) is 7.22. The van der Waals surface area contributed by atoms with Crippen molar-refractivity contribution in [2.45, 2.75) is 19.3 Å². The number of carbonyl (C=O) groups excluding carboxylic acids is 1. The Bertz CT molecular complexity index is 1340. The lowest BCUT2D eigenvalue weighted by atomic mass is 10.2. The summed E-state index contributed by atoms with van der Waals surface area (Å²) in [4.78, 5) is 28.0. The number of H-pyrrole nitrogens is 1. The van der Waals surface area contributed by atoms with E-state index in [1.54, 1.807) is 12.1 Å². The highest BCUT2D eigenvalue weighted by atomic mass is 19.2. The zero-order valence-electron chi connectivity index (χ0n) is 17.4. The van der Waals surface area contributed by atoms with E-state index in [9.17, 15) is 18.4 Å². The van der Waals surface area contributed by atoms with Crippen LogP contribution >= 0.6 is 0 Å². The van der Waals surface area contributed by atoms with E-state index in [1.807, 2.05) is 12.1 Å². The molecule has 0 aliphatic heterocycles. The van der Waals surface area contributed by atoms with Crippen LogP contribution in [0.4, 0.5) is 14.6 Å². The minimum absolute atomic E-state index is 0.124. The van der Waals surface area contributed by atoms with Crippen LogP contribution in [0.1, 0.15) is 18.7 Å². The van der Waals surface area contributed by atoms with Crippen molar-refractivity contribution in [2.24, 2.45) is 0 Å². The largest absolute Gasteiger partial charge is 0.368 e. The predicted molar refractivity (Wildman–Crippen MR) is 116 cm³/mol. The van der Waals surface area contributed by atoms with E-state index < -0.39 is 11.6 Å². The van der Waals surface area contributed by atoms with E-state index in [4.69, 9.17) is 4.52 Å². The summed E-state index contributed by atoms with van der Waals surface area (Å²) in [5.74, 6) is -1.23. The molecule has 0 radical (unpaired) electrons. The molecule has 2 aromatic carbocycles. The zero-order valence-corrected chi connectivity index (χ0v) is 17.4. The maximum Gasteiger partial charge on any atom is 0.272 e. The van der Waals surface area contributed by atoms with Gasteiger partial charge in [-0.3, -0.25) is 9.59 Å². The summed E-state index contributed by atoms with van der Waals surface area (Å²) in [6.45, 7) is 0.988. The van der Waals surface area contributed by atoms with E-state index >= 15 is 0 Å². The van der Waals surface area contributed by atoms with E-state index in [0.29, 0.717) is 30.7 Å². The molecule has 0 aliphatic carbocycles. The molecule has 0 fully saturated rings. The van der Waals surface area contributed by atoms with Gasteiger partial charge in [0.15, 0.2) is 17.5 Å². The SMILES string of the molecule is O=C(CCc1nc(-c2ccc(F)c(F)c2)no1)NCCCNc1n[nH]c(=O)c2ccccc12. The van der Waals surface area contributed by atoms with Crippen LogP contribution in [0, 0.1) is 11.6 Å². The van der Waals surface area contributed by atoms with Crippen molar-refractivity contribution >= 4 is 22.5 Å². The molecule has 0 spiro atoms. The van der Waals surface area contributed by atoms with E-state index in [-0.39, 0.29) is 41.6 Å². The topological polar surface area (TPSA) is 126 Å². The van der Waals surface area contributed by atoms with Crippen molar-refractivity contribution in [3.8, 4) is 11.4 Å². The van der Waals surface area contributed by atoms with Gasteiger partial charge >= 0.3 is 0 Å². The summed E-state index contributed by atoms with van der Waals surface area (Å²) in [5.41, 5.74) is 0.0345. The molecular weight excluding hydrogens is 434 g/mol. The molecular formula is C22H20F2N6O3. The Balaban J connectivity index is 1.19. The number of nitrogens with one attached hydrogen (secondary N) is 3. The Kier molecular flexibility index (Phi) is 6.67. The number of halogens is 2. The fourth-order valence-electron chi connectivity index (χ4n) is 3.19. The number of fused-ring (bicyclic) bond motifs is 1. The molecule has 0 saturated carbocycles. The van der Waals surface area contributed by atoms with Crippen LogP contribution in [-0.4, -0.2) is 39.3 Å². The summed E-state index contributed by atoms with van der Waals surface area (Å²) in [6.07, 6.45) is 0.995. The van der Waals surface area contributed by atoms with Crippen molar-refractivity contribution in [1.82, 2.24) is 25.7 Å². The van der Waals surface area contributed by atoms with Gasteiger partial charge in [0.1, 0.15) is 0 Å². The summed E-state index contributed by atoms with van der Waals surface area (Å²) in [6, 6.07) is 10.5. The van der Waals surface area contributed by atoms with Gasteiger partial charge in [0.2, 0.25) is 17.6 Å². The first-order valence-corrected chi connectivity index (χ1v) is 10.3. The number of nitrogens with zero attached hydrogens (tertiary/aromatic N) is 3. The number of aromatic nitrogens is 4. The standard InChI is InChI=1S/C22H20F2N6O3/c23-16-7-6-13(12-17(16)24)20-27-19(33-30-20)9-8-18(31)25-10-3-11-26-21-14-4-1-2-5-15(14)22(32)29-28-21/h1-2,4-7,12H,3,8-11H2,(H,25,31)(H,26,28)(H,29,32). The first-order valence-electron chi connectivity index (χ1n) is 10.3. The van der Waals surface area contributed by atoms with Gasteiger partial charge in [0, 0.05) is 36.9 Å². The zero-order chi connectivity index (χ0) is 23.2. The van der Waals surface area contributed by atoms with Gasteiger partial charge in [-0.2, -0.15) is 10.1 Å². The minimum atomic E-state index is -1.00. The first kappa shape index (κ1) is 22.1. The molecule has 170 valence electrons. The third kappa shape index (κ3) is 5.37. The van der Waals surface area contributed by atoms with E-state index in [2.05, 4.69) is 31.0 Å². The van der Waals surface area contributed by atoms with Gasteiger partial charge < -0.3 is 15.2 Å². The highest BCUT2D eigenvalue weighted by molar-refractivity contribution is 5.90. The van der Waals surface area contributed by atoms with Crippen LogP contribution < -0.4 is 16.2 Å². The average molecular weight is 454 g/mol. The normalized spacial score (nSPS) is 11.0. The Morgan fingerprint density at radius 2 is 1.88 bits per heavy atom. The Labute approximate surface area is 186 Å². The number of rotatable bonds is 9. The van der Waals surface area contributed by atoms with Gasteiger partial charge in [-0.05, 0) is 30.7 Å². The average Bonchev–Trinajstić information content (AvgIpc) is 3.30. The molecule has 2 aromatic heterocycles. The Hall–Kier alpha value is -4.15. The summed E-state index contributed by atoms with van der Waals surface area (Å²) in [5, 5.41) is 17.5. The Morgan fingerprint density at radius 3 is 2.70 bits per heavy atom. The third-order valence-corrected chi connectivity index (χ3v) is 4.88. The number of hydrogen-bond donors (Lipinski definition) is 3. The molecule has 4 rings (SSSR count). The molecule has 9 nitrogen and oxygen atoms in total. The van der Waals surface area contributed by atoms with Crippen molar-refractivity contribution in [1.29, 1.82) is 0 Å². The molecule has 2 heterocycles. The van der Waals surface area contributed by atoms with Crippen molar-refractivity contribution in [3.63, 3.8) is 0 Å².